The van der Waals surface area contributed by atoms with Crippen molar-refractivity contribution in [3.05, 3.63) is 34.2 Å². The summed E-state index contributed by atoms with van der Waals surface area (Å²) in [5.41, 5.74) is 0.707. The molecule has 0 aliphatic carbocycles. The molecule has 3 rings (SSSR count). The van der Waals surface area contributed by atoms with Crippen LogP contribution in [0.2, 0.25) is 0 Å². The van der Waals surface area contributed by atoms with Gasteiger partial charge >= 0.3 is 5.97 Å². The second kappa shape index (κ2) is 9.23. The number of carbonyl (C=O) groups is 1. The second-order valence-electron chi connectivity index (χ2n) is 6.49. The fraction of sp³-hybridized carbons (Fsp3) is 0.474. The van der Waals surface area contributed by atoms with E-state index in [1.54, 1.807) is 5.38 Å². The van der Waals surface area contributed by atoms with Crippen molar-refractivity contribution in [1.29, 1.82) is 0 Å². The SMILES string of the molecule is O=C(O)COc1c(-c2csc(CCC3CCCOCC3)n2)ccc(F)c1F. The van der Waals surface area contributed by atoms with E-state index in [9.17, 15) is 13.6 Å². The number of aromatic nitrogens is 1. The van der Waals surface area contributed by atoms with Gasteiger partial charge in [0, 0.05) is 24.2 Å². The highest BCUT2D eigenvalue weighted by Crippen LogP contribution is 2.35. The fourth-order valence-electron chi connectivity index (χ4n) is 3.14. The molecule has 1 aromatic carbocycles. The lowest BCUT2D eigenvalue weighted by molar-refractivity contribution is -0.139. The molecule has 1 aliphatic heterocycles. The van der Waals surface area contributed by atoms with Crippen molar-refractivity contribution in [2.75, 3.05) is 19.8 Å². The third-order valence-corrected chi connectivity index (χ3v) is 5.46. The number of ether oxygens (including phenoxy) is 2. The van der Waals surface area contributed by atoms with Gasteiger partial charge < -0.3 is 14.6 Å². The van der Waals surface area contributed by atoms with Crippen LogP contribution in [-0.4, -0.2) is 35.9 Å². The van der Waals surface area contributed by atoms with Gasteiger partial charge in [-0.15, -0.1) is 11.3 Å². The van der Waals surface area contributed by atoms with Crippen LogP contribution in [0.3, 0.4) is 0 Å². The van der Waals surface area contributed by atoms with Crippen LogP contribution in [-0.2, 0) is 16.0 Å². The van der Waals surface area contributed by atoms with E-state index in [0.29, 0.717) is 11.6 Å². The molecule has 1 saturated heterocycles. The number of nitrogens with zero attached hydrogens (tertiary/aromatic N) is 1. The average molecular weight is 397 g/mol. The largest absolute Gasteiger partial charge is 0.479 e. The van der Waals surface area contributed by atoms with Gasteiger partial charge in [0.15, 0.2) is 18.2 Å². The third-order valence-electron chi connectivity index (χ3n) is 4.56. The second-order valence-corrected chi connectivity index (χ2v) is 7.44. The van der Waals surface area contributed by atoms with Gasteiger partial charge in [-0.05, 0) is 50.2 Å². The highest BCUT2D eigenvalue weighted by molar-refractivity contribution is 7.09. The zero-order chi connectivity index (χ0) is 19.2. The van der Waals surface area contributed by atoms with Crippen molar-refractivity contribution in [2.24, 2.45) is 5.92 Å². The monoisotopic (exact) mass is 397 g/mol. The van der Waals surface area contributed by atoms with Crippen LogP contribution in [0.25, 0.3) is 11.3 Å². The van der Waals surface area contributed by atoms with Crippen LogP contribution in [0.4, 0.5) is 8.78 Å². The van der Waals surface area contributed by atoms with E-state index in [4.69, 9.17) is 14.6 Å². The van der Waals surface area contributed by atoms with Gasteiger partial charge in [-0.1, -0.05) is 0 Å². The summed E-state index contributed by atoms with van der Waals surface area (Å²) in [6.45, 7) is 0.869. The lowest BCUT2D eigenvalue weighted by atomic mass is 9.95. The summed E-state index contributed by atoms with van der Waals surface area (Å²) in [5.74, 6) is -3.38. The number of hydrogen-bond donors (Lipinski definition) is 1. The summed E-state index contributed by atoms with van der Waals surface area (Å²) in [4.78, 5) is 15.2. The molecule has 8 heteroatoms. The quantitative estimate of drug-likeness (QED) is 0.754. The molecule has 27 heavy (non-hydrogen) atoms. The van der Waals surface area contributed by atoms with Crippen LogP contribution in [0.1, 0.15) is 30.7 Å². The lowest BCUT2D eigenvalue weighted by Gasteiger charge is -2.11. The molecule has 0 spiro atoms. The first-order valence-corrected chi connectivity index (χ1v) is 9.77. The summed E-state index contributed by atoms with van der Waals surface area (Å²) in [6, 6.07) is 2.35. The molecule has 1 unspecified atom stereocenters. The Morgan fingerprint density at radius 2 is 2.19 bits per heavy atom. The molecule has 1 fully saturated rings. The molecule has 2 aromatic rings. The molecule has 1 aromatic heterocycles. The maximum Gasteiger partial charge on any atom is 0.341 e. The van der Waals surface area contributed by atoms with E-state index >= 15 is 0 Å². The molecule has 2 heterocycles. The molecule has 5 nitrogen and oxygen atoms in total. The maximum atomic E-state index is 14.1. The minimum Gasteiger partial charge on any atom is -0.479 e. The molecular weight excluding hydrogens is 376 g/mol. The number of carboxylic acid groups (broad SMARTS) is 1. The van der Waals surface area contributed by atoms with Gasteiger partial charge in [-0.3, -0.25) is 0 Å². The van der Waals surface area contributed by atoms with Gasteiger partial charge in [0.2, 0.25) is 5.82 Å². The number of thiazole rings is 1. The number of benzene rings is 1. The van der Waals surface area contributed by atoms with Crippen LogP contribution in [0, 0.1) is 17.6 Å². The Balaban J connectivity index is 1.73. The molecule has 1 N–H and O–H groups in total. The molecule has 0 radical (unpaired) electrons. The molecule has 0 bridgehead atoms. The zero-order valence-electron chi connectivity index (χ0n) is 14.7. The Labute approximate surface area is 160 Å². The summed E-state index contributed by atoms with van der Waals surface area (Å²) in [6.07, 6.45) is 5.09. The Morgan fingerprint density at radius 3 is 3.00 bits per heavy atom. The van der Waals surface area contributed by atoms with Gasteiger partial charge in [-0.2, -0.15) is 4.39 Å². The first-order chi connectivity index (χ1) is 13.0. The van der Waals surface area contributed by atoms with Crippen molar-refractivity contribution in [1.82, 2.24) is 4.98 Å². The van der Waals surface area contributed by atoms with E-state index in [-0.39, 0.29) is 5.56 Å². The first kappa shape index (κ1) is 19.7. The minimum atomic E-state index is -1.27. The standard InChI is InChI=1S/C19H21F2NO4S/c20-14-5-4-13(19(18(14)21)26-10-17(23)24)15-11-27-16(22-15)6-3-12-2-1-8-25-9-7-12/h4-5,11-12H,1-3,6-10H2,(H,23,24). The van der Waals surface area contributed by atoms with E-state index < -0.39 is 30.0 Å². The Morgan fingerprint density at radius 1 is 1.33 bits per heavy atom. The molecular formula is C19H21F2NO4S. The van der Waals surface area contributed by atoms with E-state index in [1.165, 1.54) is 17.4 Å². The lowest BCUT2D eigenvalue weighted by Crippen LogP contribution is -2.11. The smallest absolute Gasteiger partial charge is 0.341 e. The first-order valence-electron chi connectivity index (χ1n) is 8.89. The predicted octanol–water partition coefficient (Wildman–Crippen LogP) is 4.30. The average Bonchev–Trinajstić information content (AvgIpc) is 2.95. The highest BCUT2D eigenvalue weighted by Gasteiger charge is 2.20. The molecule has 1 atom stereocenters. The maximum absolute atomic E-state index is 14.1. The van der Waals surface area contributed by atoms with Crippen LogP contribution in [0.15, 0.2) is 17.5 Å². The van der Waals surface area contributed by atoms with Crippen LogP contribution >= 0.6 is 11.3 Å². The summed E-state index contributed by atoms with van der Waals surface area (Å²) < 4.78 is 38.1. The Bertz CT molecular complexity index is 788. The minimum absolute atomic E-state index is 0.250. The summed E-state index contributed by atoms with van der Waals surface area (Å²) >= 11 is 1.45. The molecule has 146 valence electrons. The number of rotatable bonds is 7. The van der Waals surface area contributed by atoms with Gasteiger partial charge in [0.1, 0.15) is 0 Å². The van der Waals surface area contributed by atoms with E-state index in [0.717, 1.165) is 56.4 Å². The van der Waals surface area contributed by atoms with E-state index in [1.807, 2.05) is 0 Å². The topological polar surface area (TPSA) is 68.7 Å². The van der Waals surface area contributed by atoms with Crippen molar-refractivity contribution in [3.8, 4) is 17.0 Å². The number of carboxylic acids is 1. The third kappa shape index (κ3) is 5.23. The Kier molecular flexibility index (Phi) is 6.73. The predicted molar refractivity (Wildman–Crippen MR) is 97.1 cm³/mol. The number of aryl methyl sites for hydroxylation is 1. The summed E-state index contributed by atoms with van der Waals surface area (Å²) in [7, 11) is 0. The van der Waals surface area contributed by atoms with Gasteiger partial charge in [0.05, 0.1) is 10.7 Å². The molecule has 1 aliphatic rings. The Hall–Kier alpha value is -2.06. The number of halogens is 2. The van der Waals surface area contributed by atoms with Crippen LogP contribution < -0.4 is 4.74 Å². The number of aliphatic carboxylic acids is 1. The van der Waals surface area contributed by atoms with Gasteiger partial charge in [0.25, 0.3) is 0 Å². The van der Waals surface area contributed by atoms with Crippen molar-refractivity contribution in [2.45, 2.75) is 32.1 Å². The fourth-order valence-corrected chi connectivity index (χ4v) is 3.96. The van der Waals surface area contributed by atoms with Crippen molar-refractivity contribution < 1.29 is 28.2 Å². The van der Waals surface area contributed by atoms with Gasteiger partial charge in [-0.25, -0.2) is 14.2 Å². The highest BCUT2D eigenvalue weighted by atomic mass is 32.1. The molecule has 0 saturated carbocycles. The number of hydrogen-bond acceptors (Lipinski definition) is 5. The van der Waals surface area contributed by atoms with Crippen LogP contribution in [0.5, 0.6) is 5.75 Å². The molecule has 0 amide bonds. The van der Waals surface area contributed by atoms with Crippen molar-refractivity contribution >= 4 is 17.3 Å². The normalized spacial score (nSPS) is 17.5. The summed E-state index contributed by atoms with van der Waals surface area (Å²) in [5, 5.41) is 11.4. The van der Waals surface area contributed by atoms with Crippen molar-refractivity contribution in [3.63, 3.8) is 0 Å². The van der Waals surface area contributed by atoms with E-state index in [2.05, 4.69) is 4.98 Å². The zero-order valence-corrected chi connectivity index (χ0v) is 15.6.